The number of alkyl halides is 3. The second-order valence-corrected chi connectivity index (χ2v) is 6.86. The zero-order chi connectivity index (χ0) is 19.0. The van der Waals surface area contributed by atoms with Crippen LogP contribution in [0, 0.1) is 11.3 Å². The Kier molecular flexibility index (Phi) is 5.04. The predicted molar refractivity (Wildman–Crippen MR) is 94.5 cm³/mol. The number of halogens is 3. The number of allylic oxidation sites excluding steroid dienone is 7. The summed E-state index contributed by atoms with van der Waals surface area (Å²) in [5, 5.41) is 0. The minimum atomic E-state index is -4.55. The number of rotatable bonds is 4. The second-order valence-electron chi connectivity index (χ2n) is 5.81. The highest BCUT2D eigenvalue weighted by Gasteiger charge is 2.59. The number of primary amides is 1. The van der Waals surface area contributed by atoms with Gasteiger partial charge < -0.3 is 11.5 Å². The van der Waals surface area contributed by atoms with E-state index in [9.17, 15) is 18.0 Å². The Hall–Kier alpha value is -2.22. The summed E-state index contributed by atoms with van der Waals surface area (Å²) in [6.07, 6.45) is 2.57. The van der Waals surface area contributed by atoms with Crippen LogP contribution in [0.25, 0.3) is 0 Å². The highest BCUT2D eigenvalue weighted by molar-refractivity contribution is 8.08. The van der Waals surface area contributed by atoms with Crippen molar-refractivity contribution in [3.05, 3.63) is 57.5 Å². The number of hydrogen-bond donors (Lipinski definition) is 2. The largest absolute Gasteiger partial charge is 0.400 e. The molecule has 0 saturated heterocycles. The van der Waals surface area contributed by atoms with Crippen molar-refractivity contribution in [3.63, 3.8) is 0 Å². The molecule has 2 aliphatic rings. The highest BCUT2D eigenvalue weighted by Crippen LogP contribution is 2.60. The minimum absolute atomic E-state index is 0.0516. The zero-order valence-corrected chi connectivity index (χ0v) is 14.5. The first-order valence-corrected chi connectivity index (χ1v) is 8.12. The van der Waals surface area contributed by atoms with Gasteiger partial charge in [0.2, 0.25) is 0 Å². The van der Waals surface area contributed by atoms with Gasteiger partial charge in [0.1, 0.15) is 0 Å². The lowest BCUT2D eigenvalue weighted by Gasteiger charge is -2.39. The van der Waals surface area contributed by atoms with Crippen LogP contribution in [-0.2, 0) is 4.79 Å². The minimum Gasteiger partial charge on any atom is -0.400 e. The summed E-state index contributed by atoms with van der Waals surface area (Å²) in [7, 11) is 1.57. The smallest absolute Gasteiger partial charge is 0.398 e. The average molecular weight is 369 g/mol. The fraction of sp³-hybridized carbons (Fsp3) is 0.294. The Bertz CT molecular complexity index is 774. The van der Waals surface area contributed by atoms with Crippen LogP contribution in [0.5, 0.6) is 0 Å². The van der Waals surface area contributed by atoms with E-state index in [0.717, 1.165) is 24.8 Å². The lowest BCUT2D eigenvalue weighted by atomic mass is 9.70. The van der Waals surface area contributed by atoms with E-state index in [1.807, 2.05) is 0 Å². The molecule has 4 nitrogen and oxygen atoms in total. The van der Waals surface area contributed by atoms with Gasteiger partial charge in [0.05, 0.1) is 10.3 Å². The fourth-order valence-corrected chi connectivity index (χ4v) is 4.19. The third-order valence-electron chi connectivity index (χ3n) is 4.28. The molecule has 0 fully saturated rings. The molecule has 1 aliphatic carbocycles. The molecule has 134 valence electrons. The number of thioether (sulfide) groups is 1. The van der Waals surface area contributed by atoms with Gasteiger partial charge >= 0.3 is 6.18 Å². The predicted octanol–water partition coefficient (Wildman–Crippen LogP) is 3.21. The van der Waals surface area contributed by atoms with Crippen LogP contribution in [-0.4, -0.2) is 25.3 Å². The number of hydrogen-bond acceptors (Lipinski definition) is 4. The summed E-state index contributed by atoms with van der Waals surface area (Å²) >= 11 is 0.890. The number of aliphatic imine (C=N–C) groups is 1. The molecule has 1 heterocycles. The van der Waals surface area contributed by atoms with Gasteiger partial charge in [-0.25, -0.2) is 0 Å². The lowest BCUT2D eigenvalue weighted by Crippen LogP contribution is -2.43. The maximum absolute atomic E-state index is 13.7. The van der Waals surface area contributed by atoms with Gasteiger partial charge in [0, 0.05) is 29.8 Å². The summed E-state index contributed by atoms with van der Waals surface area (Å²) in [4.78, 5) is 15.7. The van der Waals surface area contributed by atoms with E-state index in [1.54, 1.807) is 13.1 Å². The fourth-order valence-electron chi connectivity index (χ4n) is 2.85. The molecule has 2 atom stereocenters. The van der Waals surface area contributed by atoms with Crippen molar-refractivity contribution in [2.75, 3.05) is 7.05 Å². The molecule has 2 rings (SSSR count). The van der Waals surface area contributed by atoms with Crippen molar-refractivity contribution in [2.24, 2.45) is 27.8 Å². The van der Waals surface area contributed by atoms with Gasteiger partial charge in [-0.05, 0) is 24.1 Å². The Balaban J connectivity index is 2.72. The SMILES string of the molecule is C=C/C(=C\C=NC)C1=C2SC(C(N)=O)=C(N)C2C(C)(C(F)(F)F)C=C1. The van der Waals surface area contributed by atoms with Crippen LogP contribution in [0.4, 0.5) is 13.2 Å². The van der Waals surface area contributed by atoms with Crippen LogP contribution in [0.2, 0.25) is 0 Å². The van der Waals surface area contributed by atoms with Crippen molar-refractivity contribution in [1.82, 2.24) is 0 Å². The summed E-state index contributed by atoms with van der Waals surface area (Å²) in [5.41, 5.74) is 9.94. The molecule has 1 aliphatic heterocycles. The third-order valence-corrected chi connectivity index (χ3v) is 5.59. The van der Waals surface area contributed by atoms with Crippen LogP contribution in [0.15, 0.2) is 62.5 Å². The van der Waals surface area contributed by atoms with E-state index >= 15 is 0 Å². The molecule has 0 aromatic rings. The maximum atomic E-state index is 13.7. The molecular formula is C17H18F3N3OS. The van der Waals surface area contributed by atoms with Gasteiger partial charge in [-0.3, -0.25) is 9.79 Å². The third kappa shape index (κ3) is 3.06. The molecule has 25 heavy (non-hydrogen) atoms. The summed E-state index contributed by atoms with van der Waals surface area (Å²) in [5.74, 6) is -2.05. The average Bonchev–Trinajstić information content (AvgIpc) is 2.87. The van der Waals surface area contributed by atoms with Gasteiger partial charge in [-0.1, -0.05) is 36.6 Å². The van der Waals surface area contributed by atoms with Gasteiger partial charge in [-0.15, -0.1) is 0 Å². The number of carbonyl (C=O) groups excluding carboxylic acids is 1. The standard InChI is InChI=1S/C17H18F3N3OS/c1-4-9(6-8-23-3)10-5-7-16(2,17(18,19)20)11-12(21)14(15(22)24)25-13(10)11/h4-8,11H,1,21H2,2-3H3,(H2,22,24)/b9-6+,23-8?. The molecule has 1 amide bonds. The van der Waals surface area contributed by atoms with Crippen molar-refractivity contribution in [1.29, 1.82) is 0 Å². The Labute approximate surface area is 147 Å². The normalized spacial score (nSPS) is 27.2. The van der Waals surface area contributed by atoms with Crippen molar-refractivity contribution >= 4 is 23.9 Å². The number of carbonyl (C=O) groups is 1. The second kappa shape index (κ2) is 6.59. The topological polar surface area (TPSA) is 81.5 Å². The van der Waals surface area contributed by atoms with E-state index in [4.69, 9.17) is 11.5 Å². The maximum Gasteiger partial charge on any atom is 0.398 e. The monoisotopic (exact) mass is 369 g/mol. The molecule has 0 saturated carbocycles. The number of amides is 1. The lowest BCUT2D eigenvalue weighted by molar-refractivity contribution is -0.209. The highest BCUT2D eigenvalue weighted by atomic mass is 32.2. The van der Waals surface area contributed by atoms with E-state index in [-0.39, 0.29) is 10.6 Å². The van der Waals surface area contributed by atoms with Crippen LogP contribution in [0.1, 0.15) is 6.92 Å². The molecule has 0 aromatic heterocycles. The quantitative estimate of drug-likeness (QED) is 0.590. The van der Waals surface area contributed by atoms with Gasteiger partial charge in [0.15, 0.2) is 0 Å². The van der Waals surface area contributed by atoms with Crippen LogP contribution < -0.4 is 11.5 Å². The molecule has 0 aromatic carbocycles. The van der Waals surface area contributed by atoms with Crippen LogP contribution >= 0.6 is 11.8 Å². The Morgan fingerprint density at radius 3 is 2.60 bits per heavy atom. The van der Waals surface area contributed by atoms with Crippen LogP contribution in [0.3, 0.4) is 0 Å². The first-order valence-electron chi connectivity index (χ1n) is 7.31. The van der Waals surface area contributed by atoms with Gasteiger partial charge in [0.25, 0.3) is 5.91 Å². The summed E-state index contributed by atoms with van der Waals surface area (Å²) in [6, 6.07) is 0. The molecule has 8 heteroatoms. The number of fused-ring (bicyclic) bond motifs is 1. The van der Waals surface area contributed by atoms with Crippen molar-refractivity contribution in [2.45, 2.75) is 13.1 Å². The molecule has 0 spiro atoms. The zero-order valence-electron chi connectivity index (χ0n) is 13.7. The Morgan fingerprint density at radius 2 is 2.12 bits per heavy atom. The first-order chi connectivity index (χ1) is 11.6. The van der Waals surface area contributed by atoms with E-state index in [2.05, 4.69) is 11.6 Å². The first kappa shape index (κ1) is 19.1. The van der Waals surface area contributed by atoms with Crippen molar-refractivity contribution < 1.29 is 18.0 Å². The summed E-state index contributed by atoms with van der Waals surface area (Å²) < 4.78 is 41.2. The van der Waals surface area contributed by atoms with Gasteiger partial charge in [-0.2, -0.15) is 13.2 Å². The molecular weight excluding hydrogens is 351 g/mol. The number of nitrogens with zero attached hydrogens (tertiary/aromatic N) is 1. The van der Waals surface area contributed by atoms with E-state index < -0.39 is 23.4 Å². The molecule has 4 N–H and O–H groups in total. The van der Waals surface area contributed by atoms with Crippen molar-refractivity contribution in [3.8, 4) is 0 Å². The number of nitrogens with two attached hydrogens (primary N) is 2. The van der Waals surface area contributed by atoms with E-state index in [1.165, 1.54) is 18.4 Å². The molecule has 0 radical (unpaired) electrons. The van der Waals surface area contributed by atoms with E-state index in [0.29, 0.717) is 16.1 Å². The molecule has 2 unspecified atom stereocenters. The Morgan fingerprint density at radius 1 is 1.48 bits per heavy atom. The molecule has 0 bridgehead atoms. The summed E-state index contributed by atoms with van der Waals surface area (Å²) in [6.45, 7) is 4.76.